The molecular formula is C23H24N2O6S2. The van der Waals surface area contributed by atoms with Crippen molar-refractivity contribution < 1.29 is 27.5 Å². The minimum Gasteiger partial charge on any atom is -0.482 e. The van der Waals surface area contributed by atoms with Gasteiger partial charge in [-0.3, -0.25) is 9.10 Å². The molecule has 0 aliphatic carbocycles. The first-order valence-corrected chi connectivity index (χ1v) is 12.4. The zero-order chi connectivity index (χ0) is 23.8. The van der Waals surface area contributed by atoms with E-state index in [0.29, 0.717) is 17.1 Å². The van der Waals surface area contributed by atoms with Crippen molar-refractivity contribution in [2.75, 3.05) is 29.9 Å². The standard InChI is InChI=1S/C23H24N2O6S2/c1-3-17-7-4-5-8-20(17)24-21(26)15-31-22(27)16-30-19-12-10-18(11-13-19)25(2)33(28,29)23-9-6-14-32-23/h4-14H,3,15-16H2,1-2H3,(H,24,26). The summed E-state index contributed by atoms with van der Waals surface area (Å²) in [4.78, 5) is 24.0. The number of para-hydroxylation sites is 1. The highest BCUT2D eigenvalue weighted by atomic mass is 32.2. The van der Waals surface area contributed by atoms with Gasteiger partial charge < -0.3 is 14.8 Å². The molecule has 0 atom stereocenters. The van der Waals surface area contributed by atoms with Crippen LogP contribution in [-0.4, -0.2) is 40.6 Å². The van der Waals surface area contributed by atoms with Crippen molar-refractivity contribution >= 4 is 44.6 Å². The Morgan fingerprint density at radius 2 is 1.73 bits per heavy atom. The number of nitrogens with zero attached hydrogens (tertiary/aromatic N) is 1. The van der Waals surface area contributed by atoms with Crippen molar-refractivity contribution in [3.8, 4) is 5.75 Å². The maximum absolute atomic E-state index is 12.6. The first-order chi connectivity index (χ1) is 15.8. The predicted molar refractivity (Wildman–Crippen MR) is 127 cm³/mol. The van der Waals surface area contributed by atoms with E-state index in [1.807, 2.05) is 25.1 Å². The quantitative estimate of drug-likeness (QED) is 0.437. The third-order valence-corrected chi connectivity index (χ3v) is 7.86. The van der Waals surface area contributed by atoms with E-state index in [1.54, 1.807) is 47.8 Å². The second-order valence-corrected chi connectivity index (χ2v) is 10.1. The molecule has 0 radical (unpaired) electrons. The van der Waals surface area contributed by atoms with Crippen LogP contribution in [0.15, 0.2) is 70.3 Å². The van der Waals surface area contributed by atoms with Crippen LogP contribution >= 0.6 is 11.3 Å². The van der Waals surface area contributed by atoms with Crippen LogP contribution in [0.1, 0.15) is 12.5 Å². The van der Waals surface area contributed by atoms with Gasteiger partial charge in [-0.15, -0.1) is 11.3 Å². The molecule has 33 heavy (non-hydrogen) atoms. The summed E-state index contributed by atoms with van der Waals surface area (Å²) in [5.41, 5.74) is 2.11. The number of ether oxygens (including phenoxy) is 2. The largest absolute Gasteiger partial charge is 0.482 e. The molecule has 0 spiro atoms. The normalized spacial score (nSPS) is 11.0. The van der Waals surface area contributed by atoms with Crippen molar-refractivity contribution in [1.29, 1.82) is 0 Å². The monoisotopic (exact) mass is 488 g/mol. The molecule has 3 rings (SSSR count). The molecule has 0 bridgehead atoms. The second-order valence-electron chi connectivity index (χ2n) is 6.91. The average molecular weight is 489 g/mol. The number of carbonyl (C=O) groups excluding carboxylic acids is 2. The van der Waals surface area contributed by atoms with Gasteiger partial charge in [0.05, 0.1) is 5.69 Å². The number of benzene rings is 2. The molecule has 8 nitrogen and oxygen atoms in total. The van der Waals surface area contributed by atoms with Crippen LogP contribution < -0.4 is 14.4 Å². The number of hydrogen-bond acceptors (Lipinski definition) is 7. The van der Waals surface area contributed by atoms with E-state index in [4.69, 9.17) is 9.47 Å². The van der Waals surface area contributed by atoms with Crippen LogP contribution in [0.4, 0.5) is 11.4 Å². The van der Waals surface area contributed by atoms with Crippen molar-refractivity contribution in [3.05, 3.63) is 71.6 Å². The highest BCUT2D eigenvalue weighted by Crippen LogP contribution is 2.26. The third-order valence-electron chi connectivity index (χ3n) is 4.70. The Kier molecular flexibility index (Phi) is 8.07. The number of hydrogen-bond donors (Lipinski definition) is 1. The minimum atomic E-state index is -3.63. The van der Waals surface area contributed by atoms with Crippen LogP contribution in [0.2, 0.25) is 0 Å². The summed E-state index contributed by atoms with van der Waals surface area (Å²) in [5.74, 6) is -0.780. The number of thiophene rings is 1. The molecular weight excluding hydrogens is 464 g/mol. The Morgan fingerprint density at radius 1 is 1.00 bits per heavy atom. The Morgan fingerprint density at radius 3 is 2.39 bits per heavy atom. The second kappa shape index (κ2) is 11.0. The molecule has 2 aromatic carbocycles. The Bertz CT molecular complexity index is 1190. The fourth-order valence-electron chi connectivity index (χ4n) is 2.90. The summed E-state index contributed by atoms with van der Waals surface area (Å²) in [5, 5.41) is 4.42. The van der Waals surface area contributed by atoms with Crippen LogP contribution in [0, 0.1) is 0 Å². The first kappa shape index (κ1) is 24.3. The lowest BCUT2D eigenvalue weighted by atomic mass is 10.1. The lowest BCUT2D eigenvalue weighted by Gasteiger charge is -2.18. The maximum Gasteiger partial charge on any atom is 0.344 e. The molecule has 1 aromatic heterocycles. The molecule has 1 N–H and O–H groups in total. The van der Waals surface area contributed by atoms with Crippen molar-refractivity contribution in [3.63, 3.8) is 0 Å². The fraction of sp³-hybridized carbons (Fsp3) is 0.217. The van der Waals surface area contributed by atoms with E-state index >= 15 is 0 Å². The Hall–Kier alpha value is -3.37. The molecule has 0 aliphatic rings. The topological polar surface area (TPSA) is 102 Å². The lowest BCUT2D eigenvalue weighted by Crippen LogP contribution is -2.25. The van der Waals surface area contributed by atoms with Gasteiger partial charge in [0.1, 0.15) is 9.96 Å². The number of sulfonamides is 1. The van der Waals surface area contributed by atoms with E-state index in [2.05, 4.69) is 5.32 Å². The van der Waals surface area contributed by atoms with Crippen molar-refractivity contribution in [1.82, 2.24) is 0 Å². The van der Waals surface area contributed by atoms with Gasteiger partial charge in [0.25, 0.3) is 15.9 Å². The van der Waals surface area contributed by atoms with Crippen LogP contribution in [0.25, 0.3) is 0 Å². The molecule has 0 aliphatic heterocycles. The van der Waals surface area contributed by atoms with Crippen LogP contribution in [0.3, 0.4) is 0 Å². The summed E-state index contributed by atoms with van der Waals surface area (Å²) in [6.45, 7) is 1.17. The molecule has 0 fully saturated rings. The van der Waals surface area contributed by atoms with Crippen molar-refractivity contribution in [2.45, 2.75) is 17.6 Å². The summed E-state index contributed by atoms with van der Waals surface area (Å²) >= 11 is 1.14. The van der Waals surface area contributed by atoms with Crippen molar-refractivity contribution in [2.24, 2.45) is 0 Å². The predicted octanol–water partition coefficient (Wildman–Crippen LogP) is 3.70. The van der Waals surface area contributed by atoms with Gasteiger partial charge in [-0.25, -0.2) is 13.2 Å². The first-order valence-electron chi connectivity index (χ1n) is 10.1. The van der Waals surface area contributed by atoms with E-state index in [0.717, 1.165) is 23.3 Å². The SMILES string of the molecule is CCc1ccccc1NC(=O)COC(=O)COc1ccc(N(C)S(=O)(=O)c2cccs2)cc1. The number of rotatable bonds is 10. The lowest BCUT2D eigenvalue weighted by molar-refractivity contribution is -0.149. The van der Waals surface area contributed by atoms with Gasteiger partial charge in [0.2, 0.25) is 0 Å². The van der Waals surface area contributed by atoms with Gasteiger partial charge >= 0.3 is 5.97 Å². The van der Waals surface area contributed by atoms with Crippen LogP contribution in [0.5, 0.6) is 5.75 Å². The number of esters is 1. The van der Waals surface area contributed by atoms with E-state index in [1.165, 1.54) is 11.4 Å². The van der Waals surface area contributed by atoms with Crippen LogP contribution in [-0.2, 0) is 30.8 Å². The summed E-state index contributed by atoms with van der Waals surface area (Å²) in [6, 6.07) is 16.9. The molecule has 10 heteroatoms. The van der Waals surface area contributed by atoms with Gasteiger partial charge in [0, 0.05) is 12.7 Å². The number of aryl methyl sites for hydroxylation is 1. The number of anilines is 2. The zero-order valence-electron chi connectivity index (χ0n) is 18.2. The van der Waals surface area contributed by atoms with Gasteiger partial charge in [-0.05, 0) is 53.8 Å². The fourth-order valence-corrected chi connectivity index (χ4v) is 5.26. The highest BCUT2D eigenvalue weighted by Gasteiger charge is 2.22. The maximum atomic E-state index is 12.6. The zero-order valence-corrected chi connectivity index (χ0v) is 19.8. The molecule has 1 heterocycles. The molecule has 0 saturated carbocycles. The minimum absolute atomic E-state index is 0.246. The van der Waals surface area contributed by atoms with Gasteiger partial charge in [-0.1, -0.05) is 31.2 Å². The number of nitrogens with one attached hydrogen (secondary N) is 1. The molecule has 174 valence electrons. The Balaban J connectivity index is 1.47. The highest BCUT2D eigenvalue weighted by molar-refractivity contribution is 7.94. The molecule has 0 unspecified atom stereocenters. The van der Waals surface area contributed by atoms with E-state index in [9.17, 15) is 18.0 Å². The number of carbonyl (C=O) groups is 2. The Labute approximate surface area is 196 Å². The van der Waals surface area contributed by atoms with E-state index in [-0.39, 0.29) is 10.8 Å². The molecule has 3 aromatic rings. The van der Waals surface area contributed by atoms with Gasteiger partial charge in [-0.2, -0.15) is 0 Å². The van der Waals surface area contributed by atoms with E-state index < -0.39 is 28.5 Å². The molecule has 1 amide bonds. The third kappa shape index (κ3) is 6.33. The smallest absolute Gasteiger partial charge is 0.344 e. The van der Waals surface area contributed by atoms with Gasteiger partial charge in [0.15, 0.2) is 13.2 Å². The summed E-state index contributed by atoms with van der Waals surface area (Å²) < 4.78 is 36.9. The summed E-state index contributed by atoms with van der Waals surface area (Å²) in [7, 11) is -2.17. The average Bonchev–Trinajstić information content (AvgIpc) is 3.38. The number of amides is 1. The molecule has 0 saturated heterocycles. The summed E-state index contributed by atoms with van der Waals surface area (Å²) in [6.07, 6.45) is 0.763.